The topological polar surface area (TPSA) is 0 Å². The van der Waals surface area contributed by atoms with E-state index in [1.807, 2.05) is 0 Å². The van der Waals surface area contributed by atoms with Crippen LogP contribution in [-0.4, -0.2) is 0 Å². The Bertz CT molecular complexity index is 182. The highest BCUT2D eigenvalue weighted by Gasteiger charge is 2.32. The molecule has 0 amide bonds. The zero-order chi connectivity index (χ0) is 8.44. The molecule has 0 heterocycles. The van der Waals surface area contributed by atoms with Crippen LogP contribution in [0.2, 0.25) is 0 Å². The second kappa shape index (κ2) is 3.24. The highest BCUT2D eigenvalue weighted by molar-refractivity contribution is 5.08. The Kier molecular flexibility index (Phi) is 2.25. The van der Waals surface area contributed by atoms with Gasteiger partial charge < -0.3 is 0 Å². The van der Waals surface area contributed by atoms with E-state index in [9.17, 15) is 0 Å². The number of hydrogen-bond donors (Lipinski definition) is 0. The first-order valence-corrected chi connectivity index (χ1v) is 5.46. The van der Waals surface area contributed by atoms with E-state index in [2.05, 4.69) is 13.0 Å². The first-order valence-electron chi connectivity index (χ1n) is 5.46. The molecular formula is C12H20. The van der Waals surface area contributed by atoms with Gasteiger partial charge in [-0.05, 0) is 44.4 Å². The van der Waals surface area contributed by atoms with E-state index >= 15 is 0 Å². The van der Waals surface area contributed by atoms with Crippen molar-refractivity contribution in [2.45, 2.75) is 58.3 Å². The molecule has 0 aromatic rings. The van der Waals surface area contributed by atoms with Crippen molar-refractivity contribution in [3.63, 3.8) is 0 Å². The van der Waals surface area contributed by atoms with E-state index in [-0.39, 0.29) is 0 Å². The molecule has 68 valence electrons. The van der Waals surface area contributed by atoms with E-state index < -0.39 is 0 Å². The maximum Gasteiger partial charge on any atom is -0.0257 e. The summed E-state index contributed by atoms with van der Waals surface area (Å²) in [6, 6.07) is 0. The molecule has 2 rings (SSSR count). The van der Waals surface area contributed by atoms with Crippen LogP contribution >= 0.6 is 0 Å². The van der Waals surface area contributed by atoms with Crippen molar-refractivity contribution < 1.29 is 0 Å². The molecular weight excluding hydrogens is 144 g/mol. The van der Waals surface area contributed by atoms with Gasteiger partial charge in [0.05, 0.1) is 0 Å². The Balaban J connectivity index is 2.05. The van der Waals surface area contributed by atoms with E-state index in [0.717, 1.165) is 5.41 Å². The summed E-state index contributed by atoms with van der Waals surface area (Å²) in [7, 11) is 0. The van der Waals surface area contributed by atoms with Gasteiger partial charge in [0.1, 0.15) is 0 Å². The summed E-state index contributed by atoms with van der Waals surface area (Å²) in [5, 5.41) is 0. The predicted octanol–water partition coefficient (Wildman–Crippen LogP) is 4.07. The van der Waals surface area contributed by atoms with Crippen molar-refractivity contribution in [3.05, 3.63) is 11.6 Å². The van der Waals surface area contributed by atoms with Gasteiger partial charge in [0.2, 0.25) is 0 Å². The van der Waals surface area contributed by atoms with E-state index in [0.29, 0.717) is 0 Å². The van der Waals surface area contributed by atoms with Crippen molar-refractivity contribution in [2.75, 3.05) is 0 Å². The van der Waals surface area contributed by atoms with Crippen LogP contribution in [0, 0.1) is 5.41 Å². The lowest BCUT2D eigenvalue weighted by molar-refractivity contribution is 0.165. The van der Waals surface area contributed by atoms with Gasteiger partial charge in [-0.2, -0.15) is 0 Å². The maximum absolute atomic E-state index is 2.44. The summed E-state index contributed by atoms with van der Waals surface area (Å²) in [5.41, 5.74) is 2.42. The molecule has 0 aromatic heterocycles. The molecule has 0 aromatic carbocycles. The van der Waals surface area contributed by atoms with Crippen molar-refractivity contribution >= 4 is 0 Å². The van der Waals surface area contributed by atoms with Crippen LogP contribution in [0.1, 0.15) is 58.3 Å². The molecule has 0 bridgehead atoms. The summed E-state index contributed by atoms with van der Waals surface area (Å²) < 4.78 is 0. The largest absolute Gasteiger partial charge is 0.0856 e. The Morgan fingerprint density at radius 2 is 1.83 bits per heavy atom. The molecule has 0 unspecified atom stereocenters. The van der Waals surface area contributed by atoms with Crippen LogP contribution in [0.15, 0.2) is 11.6 Å². The van der Waals surface area contributed by atoms with Crippen LogP contribution in [0.25, 0.3) is 0 Å². The minimum absolute atomic E-state index is 0.761. The molecule has 0 nitrogen and oxygen atoms in total. The molecule has 1 spiro atoms. The molecule has 0 saturated heterocycles. The van der Waals surface area contributed by atoms with Crippen LogP contribution in [-0.2, 0) is 0 Å². The Hall–Kier alpha value is -0.260. The fourth-order valence-electron chi connectivity index (χ4n) is 3.11. The van der Waals surface area contributed by atoms with Crippen molar-refractivity contribution in [2.24, 2.45) is 5.41 Å². The molecule has 0 aliphatic heterocycles. The highest BCUT2D eigenvalue weighted by Crippen LogP contribution is 2.47. The summed E-state index contributed by atoms with van der Waals surface area (Å²) in [4.78, 5) is 0. The third-order valence-electron chi connectivity index (χ3n) is 3.74. The first-order chi connectivity index (χ1) is 5.81. The van der Waals surface area contributed by atoms with Crippen LogP contribution in [0.4, 0.5) is 0 Å². The number of rotatable bonds is 0. The van der Waals surface area contributed by atoms with Gasteiger partial charge >= 0.3 is 0 Å². The van der Waals surface area contributed by atoms with Gasteiger partial charge in [-0.3, -0.25) is 0 Å². The smallest absolute Gasteiger partial charge is 0.0257 e. The standard InChI is InChI=1S/C12H20/c1-11-6-5-9-12(10-11)7-3-2-4-8-12/h6H,2-5,7-10H2,1H3. The van der Waals surface area contributed by atoms with Gasteiger partial charge in [-0.15, -0.1) is 0 Å². The molecule has 0 radical (unpaired) electrons. The highest BCUT2D eigenvalue weighted by atomic mass is 14.4. The molecule has 1 fully saturated rings. The molecule has 2 aliphatic carbocycles. The van der Waals surface area contributed by atoms with E-state index in [4.69, 9.17) is 0 Å². The summed E-state index contributed by atoms with van der Waals surface area (Å²) in [6.07, 6.45) is 14.2. The maximum atomic E-state index is 2.44. The van der Waals surface area contributed by atoms with Crippen molar-refractivity contribution in [1.29, 1.82) is 0 Å². The van der Waals surface area contributed by atoms with Crippen LogP contribution in [0.3, 0.4) is 0 Å². The zero-order valence-corrected chi connectivity index (χ0v) is 8.23. The summed E-state index contributed by atoms with van der Waals surface area (Å²) >= 11 is 0. The second-order valence-electron chi connectivity index (χ2n) is 4.83. The minimum atomic E-state index is 0.761. The molecule has 1 saturated carbocycles. The fraction of sp³-hybridized carbons (Fsp3) is 0.833. The average Bonchev–Trinajstić information content (AvgIpc) is 2.05. The third kappa shape index (κ3) is 1.57. The summed E-state index contributed by atoms with van der Waals surface area (Å²) in [5.74, 6) is 0. The monoisotopic (exact) mass is 164 g/mol. The molecule has 0 atom stereocenters. The van der Waals surface area contributed by atoms with Gasteiger partial charge in [0, 0.05) is 0 Å². The van der Waals surface area contributed by atoms with Gasteiger partial charge in [-0.1, -0.05) is 30.9 Å². The number of hydrogen-bond acceptors (Lipinski definition) is 0. The van der Waals surface area contributed by atoms with Crippen LogP contribution in [0.5, 0.6) is 0 Å². The number of allylic oxidation sites excluding steroid dienone is 2. The second-order valence-corrected chi connectivity index (χ2v) is 4.83. The zero-order valence-electron chi connectivity index (χ0n) is 8.23. The van der Waals surface area contributed by atoms with Gasteiger partial charge in [0.15, 0.2) is 0 Å². The lowest BCUT2D eigenvalue weighted by atomic mass is 9.66. The SMILES string of the molecule is CC1=CCCC2(CCCCC2)C1. The Morgan fingerprint density at radius 3 is 2.50 bits per heavy atom. The Labute approximate surface area is 76.1 Å². The third-order valence-corrected chi connectivity index (χ3v) is 3.74. The van der Waals surface area contributed by atoms with Crippen LogP contribution < -0.4 is 0 Å². The molecule has 2 aliphatic rings. The molecule has 12 heavy (non-hydrogen) atoms. The lowest BCUT2D eigenvalue weighted by Gasteiger charge is -2.40. The minimum Gasteiger partial charge on any atom is -0.0856 e. The Morgan fingerprint density at radius 1 is 1.08 bits per heavy atom. The van der Waals surface area contributed by atoms with E-state index in [1.54, 1.807) is 5.57 Å². The molecule has 0 heteroatoms. The fourth-order valence-corrected chi connectivity index (χ4v) is 3.11. The lowest BCUT2D eigenvalue weighted by Crippen LogP contribution is -2.26. The summed E-state index contributed by atoms with van der Waals surface area (Å²) in [6.45, 7) is 2.31. The first kappa shape index (κ1) is 8.34. The van der Waals surface area contributed by atoms with Gasteiger partial charge in [-0.25, -0.2) is 0 Å². The van der Waals surface area contributed by atoms with Crippen molar-refractivity contribution in [1.82, 2.24) is 0 Å². The average molecular weight is 164 g/mol. The molecule has 0 N–H and O–H groups in total. The normalized spacial score (nSPS) is 28.6. The quantitative estimate of drug-likeness (QED) is 0.473. The predicted molar refractivity (Wildman–Crippen MR) is 53.1 cm³/mol. The van der Waals surface area contributed by atoms with Gasteiger partial charge in [0.25, 0.3) is 0 Å². The van der Waals surface area contributed by atoms with Crippen molar-refractivity contribution in [3.8, 4) is 0 Å². The van der Waals surface area contributed by atoms with E-state index in [1.165, 1.54) is 51.4 Å².